The van der Waals surface area contributed by atoms with E-state index in [1.54, 1.807) is 0 Å². The van der Waals surface area contributed by atoms with E-state index in [4.69, 9.17) is 10.8 Å². The normalized spacial score (nSPS) is 13.1. The zero-order valence-corrected chi connectivity index (χ0v) is 10.4. The summed E-state index contributed by atoms with van der Waals surface area (Å²) in [7, 11) is 2.02. The van der Waals surface area contributed by atoms with Gasteiger partial charge in [0.15, 0.2) is 0 Å². The molecule has 0 amide bonds. The van der Waals surface area contributed by atoms with Gasteiger partial charge in [-0.25, -0.2) is 0 Å². The van der Waals surface area contributed by atoms with Crippen LogP contribution in [-0.4, -0.2) is 36.2 Å². The summed E-state index contributed by atoms with van der Waals surface area (Å²) in [5, 5.41) is 8.88. The van der Waals surface area contributed by atoms with Gasteiger partial charge in [0, 0.05) is 19.1 Å². The van der Waals surface area contributed by atoms with Crippen molar-refractivity contribution in [2.24, 2.45) is 5.73 Å². The van der Waals surface area contributed by atoms with Crippen molar-refractivity contribution in [2.75, 3.05) is 20.2 Å². The fourth-order valence-corrected chi connectivity index (χ4v) is 1.74. The van der Waals surface area contributed by atoms with E-state index in [2.05, 4.69) is 36.9 Å². The summed E-state index contributed by atoms with van der Waals surface area (Å²) in [4.78, 5) is 2.13. The summed E-state index contributed by atoms with van der Waals surface area (Å²) in [6.07, 6.45) is 0. The monoisotopic (exact) mass is 222 g/mol. The van der Waals surface area contributed by atoms with Gasteiger partial charge in [-0.05, 0) is 37.6 Å². The number of hydrogen-bond acceptors (Lipinski definition) is 3. The lowest BCUT2D eigenvalue weighted by Gasteiger charge is -2.20. The van der Waals surface area contributed by atoms with E-state index >= 15 is 0 Å². The van der Waals surface area contributed by atoms with E-state index in [-0.39, 0.29) is 12.6 Å². The van der Waals surface area contributed by atoms with Gasteiger partial charge in [0.05, 0.1) is 6.61 Å². The van der Waals surface area contributed by atoms with Crippen LogP contribution in [0.5, 0.6) is 0 Å². The molecule has 0 fully saturated rings. The molecule has 0 heterocycles. The largest absolute Gasteiger partial charge is 0.395 e. The number of benzene rings is 1. The van der Waals surface area contributed by atoms with Crippen molar-refractivity contribution in [1.82, 2.24) is 4.90 Å². The Balaban J connectivity index is 2.56. The third-order valence-corrected chi connectivity index (χ3v) is 2.80. The second kappa shape index (κ2) is 5.99. The van der Waals surface area contributed by atoms with Gasteiger partial charge in [0.2, 0.25) is 0 Å². The van der Waals surface area contributed by atoms with Crippen LogP contribution >= 0.6 is 0 Å². The van der Waals surface area contributed by atoms with Crippen LogP contribution in [0.25, 0.3) is 0 Å². The fraction of sp³-hybridized carbons (Fsp3) is 0.538. The zero-order chi connectivity index (χ0) is 12.1. The van der Waals surface area contributed by atoms with E-state index in [0.717, 1.165) is 6.54 Å². The molecule has 0 spiro atoms. The average molecular weight is 222 g/mol. The minimum Gasteiger partial charge on any atom is -0.395 e. The van der Waals surface area contributed by atoms with Gasteiger partial charge in [-0.15, -0.1) is 0 Å². The standard InChI is InChI=1S/C13H22N2O/c1-10-4-5-12(6-11(10)2)7-15(3)8-13(14)9-16/h4-6,13,16H,7-9,14H2,1-3H3. The van der Waals surface area contributed by atoms with Crippen molar-refractivity contribution < 1.29 is 5.11 Å². The Morgan fingerprint density at radius 2 is 2.00 bits per heavy atom. The van der Waals surface area contributed by atoms with Crippen LogP contribution in [0.3, 0.4) is 0 Å². The first-order chi connectivity index (χ1) is 7.52. The van der Waals surface area contributed by atoms with Crippen LogP contribution in [0, 0.1) is 13.8 Å². The highest BCUT2D eigenvalue weighted by molar-refractivity contribution is 5.29. The number of aliphatic hydroxyl groups excluding tert-OH is 1. The molecule has 3 nitrogen and oxygen atoms in total. The molecule has 3 N–H and O–H groups in total. The second-order valence-electron chi connectivity index (χ2n) is 4.56. The first-order valence-corrected chi connectivity index (χ1v) is 5.64. The minimum atomic E-state index is -0.156. The van der Waals surface area contributed by atoms with Crippen LogP contribution in [0.4, 0.5) is 0 Å². The molecule has 0 saturated carbocycles. The van der Waals surface area contributed by atoms with Crippen LogP contribution < -0.4 is 5.73 Å². The van der Waals surface area contributed by atoms with E-state index in [1.165, 1.54) is 16.7 Å². The Bertz CT molecular complexity index is 339. The predicted octanol–water partition coefficient (Wildman–Crippen LogP) is 1.05. The first kappa shape index (κ1) is 13.2. The Morgan fingerprint density at radius 1 is 1.31 bits per heavy atom. The summed E-state index contributed by atoms with van der Waals surface area (Å²) in [5.74, 6) is 0. The lowest BCUT2D eigenvalue weighted by Crippen LogP contribution is -2.37. The highest BCUT2D eigenvalue weighted by atomic mass is 16.3. The maximum Gasteiger partial charge on any atom is 0.0595 e. The lowest BCUT2D eigenvalue weighted by atomic mass is 10.1. The van der Waals surface area contributed by atoms with Crippen molar-refractivity contribution in [2.45, 2.75) is 26.4 Å². The molecule has 1 aromatic rings. The van der Waals surface area contributed by atoms with Crippen molar-refractivity contribution in [1.29, 1.82) is 0 Å². The third-order valence-electron chi connectivity index (χ3n) is 2.80. The van der Waals surface area contributed by atoms with Crippen molar-refractivity contribution in [3.63, 3.8) is 0 Å². The molecule has 0 aromatic heterocycles. The molecule has 1 unspecified atom stereocenters. The Labute approximate surface area is 97.9 Å². The molecule has 0 saturated heterocycles. The predicted molar refractivity (Wildman–Crippen MR) is 67.3 cm³/mol. The minimum absolute atomic E-state index is 0.0390. The molecule has 1 atom stereocenters. The molecule has 0 aliphatic heterocycles. The number of rotatable bonds is 5. The fourth-order valence-electron chi connectivity index (χ4n) is 1.74. The van der Waals surface area contributed by atoms with E-state index in [0.29, 0.717) is 6.54 Å². The zero-order valence-electron chi connectivity index (χ0n) is 10.4. The van der Waals surface area contributed by atoms with Gasteiger partial charge in [0.25, 0.3) is 0 Å². The molecule has 0 aliphatic carbocycles. The number of aliphatic hydroxyl groups is 1. The summed E-state index contributed by atoms with van der Waals surface area (Å²) in [5.41, 5.74) is 9.61. The van der Waals surface area contributed by atoms with Crippen molar-refractivity contribution in [3.05, 3.63) is 34.9 Å². The van der Waals surface area contributed by atoms with Crippen molar-refractivity contribution in [3.8, 4) is 0 Å². The summed E-state index contributed by atoms with van der Waals surface area (Å²) < 4.78 is 0. The van der Waals surface area contributed by atoms with E-state index in [1.807, 2.05) is 7.05 Å². The second-order valence-corrected chi connectivity index (χ2v) is 4.56. The lowest BCUT2D eigenvalue weighted by molar-refractivity contribution is 0.218. The van der Waals surface area contributed by atoms with Crippen LogP contribution in [0.1, 0.15) is 16.7 Å². The number of nitrogens with zero attached hydrogens (tertiary/aromatic N) is 1. The molecule has 1 rings (SSSR count). The molecular formula is C13H22N2O. The smallest absolute Gasteiger partial charge is 0.0595 e. The van der Waals surface area contributed by atoms with Crippen LogP contribution in [-0.2, 0) is 6.54 Å². The maximum atomic E-state index is 8.88. The first-order valence-electron chi connectivity index (χ1n) is 5.64. The summed E-state index contributed by atoms with van der Waals surface area (Å²) >= 11 is 0. The molecule has 3 heteroatoms. The van der Waals surface area contributed by atoms with E-state index in [9.17, 15) is 0 Å². The molecule has 0 aliphatic rings. The molecule has 90 valence electrons. The number of likely N-dealkylation sites (N-methyl/N-ethyl adjacent to an activating group) is 1. The molecular weight excluding hydrogens is 200 g/mol. The average Bonchev–Trinajstić information content (AvgIpc) is 2.23. The number of nitrogens with two attached hydrogens (primary N) is 1. The molecule has 1 aromatic carbocycles. The SMILES string of the molecule is Cc1ccc(CN(C)CC(N)CO)cc1C. The summed E-state index contributed by atoms with van der Waals surface area (Å²) in [6.45, 7) is 5.86. The Kier molecular flexibility index (Phi) is 4.93. The topological polar surface area (TPSA) is 49.5 Å². The van der Waals surface area contributed by atoms with Gasteiger partial charge in [-0.1, -0.05) is 18.2 Å². The van der Waals surface area contributed by atoms with Gasteiger partial charge in [-0.2, -0.15) is 0 Å². The molecule has 16 heavy (non-hydrogen) atoms. The van der Waals surface area contributed by atoms with Gasteiger partial charge >= 0.3 is 0 Å². The molecule has 0 bridgehead atoms. The van der Waals surface area contributed by atoms with E-state index < -0.39 is 0 Å². The van der Waals surface area contributed by atoms with Crippen molar-refractivity contribution >= 4 is 0 Å². The van der Waals surface area contributed by atoms with Crippen LogP contribution in [0.15, 0.2) is 18.2 Å². The quantitative estimate of drug-likeness (QED) is 0.783. The third kappa shape index (κ3) is 3.93. The number of hydrogen-bond donors (Lipinski definition) is 2. The Morgan fingerprint density at radius 3 is 2.56 bits per heavy atom. The molecule has 0 radical (unpaired) electrons. The number of aryl methyl sites for hydroxylation is 2. The van der Waals surface area contributed by atoms with Gasteiger partial charge < -0.3 is 15.7 Å². The highest BCUT2D eigenvalue weighted by Gasteiger charge is 2.06. The highest BCUT2D eigenvalue weighted by Crippen LogP contribution is 2.11. The maximum absolute atomic E-state index is 8.88. The van der Waals surface area contributed by atoms with Gasteiger partial charge in [-0.3, -0.25) is 0 Å². The van der Waals surface area contributed by atoms with Gasteiger partial charge in [0.1, 0.15) is 0 Å². The summed E-state index contributed by atoms with van der Waals surface area (Å²) in [6, 6.07) is 6.33. The Hall–Kier alpha value is -0.900. The van der Waals surface area contributed by atoms with Crippen LogP contribution in [0.2, 0.25) is 0 Å².